The molecule has 1 amide bonds. The number of aryl methyl sites for hydroxylation is 1. The summed E-state index contributed by atoms with van der Waals surface area (Å²) in [6.45, 7) is 4.45. The van der Waals surface area contributed by atoms with Crippen LogP contribution >= 0.6 is 0 Å². The molecule has 2 heterocycles. The van der Waals surface area contributed by atoms with Crippen LogP contribution in [0.15, 0.2) is 27.4 Å². The van der Waals surface area contributed by atoms with Crippen molar-refractivity contribution < 1.29 is 13.9 Å². The summed E-state index contributed by atoms with van der Waals surface area (Å²) in [4.78, 5) is 24.7. The molecule has 6 heteroatoms. The van der Waals surface area contributed by atoms with Crippen LogP contribution in [0.5, 0.6) is 5.75 Å². The maximum atomic E-state index is 12.4. The third-order valence-electron chi connectivity index (χ3n) is 5.90. The number of benzene rings is 1. The van der Waals surface area contributed by atoms with Gasteiger partial charge in [-0.3, -0.25) is 4.79 Å². The first-order chi connectivity index (χ1) is 13.6. The molecule has 1 atom stereocenters. The Balaban J connectivity index is 1.44. The van der Waals surface area contributed by atoms with Crippen LogP contribution in [0.1, 0.15) is 43.7 Å². The molecule has 0 saturated carbocycles. The SMILES string of the molecule is CC(Oc1ccc2c3c(c(=O)oc2c1)CCCC3)C(=O)NCC1CCNCC1. The van der Waals surface area contributed by atoms with Crippen LogP contribution in [0.3, 0.4) is 0 Å². The van der Waals surface area contributed by atoms with Gasteiger partial charge in [-0.2, -0.15) is 0 Å². The average Bonchev–Trinajstić information content (AvgIpc) is 2.73. The van der Waals surface area contributed by atoms with Gasteiger partial charge in [-0.1, -0.05) is 0 Å². The van der Waals surface area contributed by atoms with E-state index in [1.165, 1.54) is 0 Å². The number of rotatable bonds is 5. The number of hydrogen-bond donors (Lipinski definition) is 2. The molecule has 4 rings (SSSR count). The highest BCUT2D eigenvalue weighted by Gasteiger charge is 2.20. The lowest BCUT2D eigenvalue weighted by Gasteiger charge is -2.23. The number of piperidine rings is 1. The summed E-state index contributed by atoms with van der Waals surface area (Å²) in [5.41, 5.74) is 2.22. The Hall–Kier alpha value is -2.34. The molecule has 150 valence electrons. The number of carbonyl (C=O) groups excluding carboxylic acids is 1. The van der Waals surface area contributed by atoms with Crippen molar-refractivity contribution in [2.45, 2.75) is 51.6 Å². The fraction of sp³-hybridized carbons (Fsp3) is 0.545. The van der Waals surface area contributed by atoms with Crippen LogP contribution in [-0.2, 0) is 17.6 Å². The zero-order valence-electron chi connectivity index (χ0n) is 16.4. The normalized spacial score (nSPS) is 18.5. The third-order valence-corrected chi connectivity index (χ3v) is 5.90. The molecule has 6 nitrogen and oxygen atoms in total. The van der Waals surface area contributed by atoms with E-state index in [1.807, 2.05) is 12.1 Å². The summed E-state index contributed by atoms with van der Waals surface area (Å²) >= 11 is 0. The Morgan fingerprint density at radius 1 is 1.25 bits per heavy atom. The maximum Gasteiger partial charge on any atom is 0.339 e. The molecule has 1 aromatic carbocycles. The highest BCUT2D eigenvalue weighted by atomic mass is 16.5. The minimum Gasteiger partial charge on any atom is -0.481 e. The standard InChI is InChI=1S/C22H28N2O4/c1-14(21(25)24-13-15-8-10-23-11-9-15)27-16-6-7-18-17-4-2-3-5-19(17)22(26)28-20(18)12-16/h6-7,12,14-15,23H,2-5,8-11,13H2,1H3,(H,24,25). The Bertz CT molecular complexity index is 915. The molecular weight excluding hydrogens is 356 g/mol. The van der Waals surface area contributed by atoms with E-state index < -0.39 is 6.10 Å². The zero-order chi connectivity index (χ0) is 19.5. The summed E-state index contributed by atoms with van der Waals surface area (Å²) in [5.74, 6) is 0.944. The lowest BCUT2D eigenvalue weighted by Crippen LogP contribution is -2.41. The molecular formula is C22H28N2O4. The van der Waals surface area contributed by atoms with Gasteiger partial charge in [-0.15, -0.1) is 0 Å². The second-order valence-corrected chi connectivity index (χ2v) is 7.91. The quantitative estimate of drug-likeness (QED) is 0.775. The van der Waals surface area contributed by atoms with Gasteiger partial charge in [0.2, 0.25) is 0 Å². The molecule has 1 unspecified atom stereocenters. The number of nitrogens with one attached hydrogen (secondary N) is 2. The predicted octanol–water partition coefficient (Wildman–Crippen LogP) is 2.55. The van der Waals surface area contributed by atoms with E-state index in [1.54, 1.807) is 13.0 Å². The van der Waals surface area contributed by atoms with Crippen LogP contribution in [0.25, 0.3) is 11.0 Å². The van der Waals surface area contributed by atoms with Crippen molar-refractivity contribution in [2.75, 3.05) is 19.6 Å². The molecule has 0 spiro atoms. The Morgan fingerprint density at radius 2 is 2.00 bits per heavy atom. The van der Waals surface area contributed by atoms with Crippen LogP contribution < -0.4 is 21.0 Å². The van der Waals surface area contributed by atoms with Crippen molar-refractivity contribution in [1.29, 1.82) is 0 Å². The second kappa shape index (κ2) is 8.35. The van der Waals surface area contributed by atoms with E-state index in [2.05, 4.69) is 10.6 Å². The minimum absolute atomic E-state index is 0.120. The second-order valence-electron chi connectivity index (χ2n) is 7.91. The van der Waals surface area contributed by atoms with Crippen LogP contribution in [0.2, 0.25) is 0 Å². The van der Waals surface area contributed by atoms with Crippen LogP contribution in [0.4, 0.5) is 0 Å². The van der Waals surface area contributed by atoms with E-state index in [9.17, 15) is 9.59 Å². The first-order valence-corrected chi connectivity index (χ1v) is 10.4. The molecule has 1 aromatic heterocycles. The van der Waals surface area contributed by atoms with Gasteiger partial charge in [0.1, 0.15) is 11.3 Å². The lowest BCUT2D eigenvalue weighted by atomic mass is 9.91. The van der Waals surface area contributed by atoms with E-state index in [4.69, 9.17) is 9.15 Å². The molecule has 1 saturated heterocycles. The van der Waals surface area contributed by atoms with Crippen molar-refractivity contribution in [2.24, 2.45) is 5.92 Å². The summed E-state index contributed by atoms with van der Waals surface area (Å²) in [6.07, 6.45) is 5.40. The van der Waals surface area contributed by atoms with Gasteiger partial charge in [0, 0.05) is 23.6 Å². The number of amides is 1. The molecule has 1 aliphatic carbocycles. The molecule has 28 heavy (non-hydrogen) atoms. The van der Waals surface area contributed by atoms with Crippen LogP contribution in [0, 0.1) is 5.92 Å². The predicted molar refractivity (Wildman–Crippen MR) is 108 cm³/mol. The third kappa shape index (κ3) is 4.07. The average molecular weight is 384 g/mol. The largest absolute Gasteiger partial charge is 0.481 e. The Kier molecular flexibility index (Phi) is 5.67. The number of hydrogen-bond acceptors (Lipinski definition) is 5. The van der Waals surface area contributed by atoms with Gasteiger partial charge in [0.05, 0.1) is 0 Å². The van der Waals surface area contributed by atoms with Gasteiger partial charge in [0.25, 0.3) is 5.91 Å². The lowest BCUT2D eigenvalue weighted by molar-refractivity contribution is -0.127. The number of ether oxygens (including phenoxy) is 1. The minimum atomic E-state index is -0.608. The molecule has 2 aliphatic rings. The summed E-state index contributed by atoms with van der Waals surface area (Å²) in [6, 6.07) is 5.52. The van der Waals surface area contributed by atoms with Gasteiger partial charge in [-0.05, 0) is 82.2 Å². The summed E-state index contributed by atoms with van der Waals surface area (Å²) < 4.78 is 11.3. The van der Waals surface area contributed by atoms with Crippen molar-refractivity contribution in [3.63, 3.8) is 0 Å². The fourth-order valence-corrected chi connectivity index (χ4v) is 4.23. The number of fused-ring (bicyclic) bond motifs is 3. The molecule has 1 fully saturated rings. The van der Waals surface area contributed by atoms with Gasteiger partial charge in [-0.25, -0.2) is 4.79 Å². The smallest absolute Gasteiger partial charge is 0.339 e. The van der Waals surface area contributed by atoms with E-state index in [0.717, 1.165) is 68.1 Å². The van der Waals surface area contributed by atoms with Crippen molar-refractivity contribution in [3.05, 3.63) is 39.7 Å². The highest BCUT2D eigenvalue weighted by Crippen LogP contribution is 2.29. The molecule has 0 bridgehead atoms. The Morgan fingerprint density at radius 3 is 2.79 bits per heavy atom. The van der Waals surface area contributed by atoms with Crippen molar-refractivity contribution in [3.8, 4) is 5.75 Å². The molecule has 2 aromatic rings. The maximum absolute atomic E-state index is 12.4. The van der Waals surface area contributed by atoms with Crippen molar-refractivity contribution >= 4 is 16.9 Å². The Labute approximate surface area is 164 Å². The number of carbonyl (C=O) groups is 1. The van der Waals surface area contributed by atoms with E-state index >= 15 is 0 Å². The topological polar surface area (TPSA) is 80.6 Å². The van der Waals surface area contributed by atoms with E-state index in [-0.39, 0.29) is 11.5 Å². The summed E-state index contributed by atoms with van der Waals surface area (Å²) in [7, 11) is 0. The van der Waals surface area contributed by atoms with Crippen LogP contribution in [-0.4, -0.2) is 31.6 Å². The highest BCUT2D eigenvalue weighted by molar-refractivity contribution is 5.83. The zero-order valence-corrected chi connectivity index (χ0v) is 16.4. The monoisotopic (exact) mass is 384 g/mol. The van der Waals surface area contributed by atoms with Gasteiger partial charge < -0.3 is 19.8 Å². The van der Waals surface area contributed by atoms with Gasteiger partial charge >= 0.3 is 5.63 Å². The molecule has 1 aliphatic heterocycles. The molecule has 2 N–H and O–H groups in total. The van der Waals surface area contributed by atoms with E-state index in [0.29, 0.717) is 23.8 Å². The first kappa shape index (κ1) is 19.0. The summed E-state index contributed by atoms with van der Waals surface area (Å²) in [5, 5.41) is 7.30. The fourth-order valence-electron chi connectivity index (χ4n) is 4.23. The first-order valence-electron chi connectivity index (χ1n) is 10.4. The van der Waals surface area contributed by atoms with Crippen molar-refractivity contribution in [1.82, 2.24) is 10.6 Å². The van der Waals surface area contributed by atoms with Gasteiger partial charge in [0.15, 0.2) is 6.10 Å². The molecule has 0 radical (unpaired) electrons.